The van der Waals surface area contributed by atoms with Crippen LogP contribution in [-0.4, -0.2) is 11.8 Å². The third kappa shape index (κ3) is 3.44. The number of halogens is 1. The van der Waals surface area contributed by atoms with Gasteiger partial charge in [-0.2, -0.15) is 0 Å². The van der Waals surface area contributed by atoms with Crippen LogP contribution in [0.5, 0.6) is 0 Å². The van der Waals surface area contributed by atoms with Crippen LogP contribution >= 0.6 is 11.6 Å². The first-order valence-corrected chi connectivity index (χ1v) is 8.29. The third-order valence-electron chi connectivity index (χ3n) is 4.35. The van der Waals surface area contributed by atoms with Crippen molar-refractivity contribution in [2.24, 2.45) is 5.41 Å². The maximum Gasteiger partial charge on any atom is 0.240 e. The number of anilines is 1. The summed E-state index contributed by atoms with van der Waals surface area (Å²) in [5, 5.41) is 6.35. The Hall–Kier alpha value is -2.33. The Morgan fingerprint density at radius 2 is 1.79 bits per heavy atom. The van der Waals surface area contributed by atoms with E-state index in [1.807, 2.05) is 37.3 Å². The van der Waals surface area contributed by atoms with E-state index in [0.717, 1.165) is 11.1 Å². The molecule has 0 bridgehead atoms. The first kappa shape index (κ1) is 16.5. The molecule has 0 atom stereocenters. The van der Waals surface area contributed by atoms with E-state index in [1.165, 1.54) is 0 Å². The largest absolute Gasteiger partial charge is 0.351 e. The van der Waals surface area contributed by atoms with Gasteiger partial charge in [0.2, 0.25) is 11.8 Å². The van der Waals surface area contributed by atoms with Gasteiger partial charge in [-0.3, -0.25) is 9.59 Å². The van der Waals surface area contributed by atoms with Crippen molar-refractivity contribution in [1.82, 2.24) is 5.32 Å². The molecule has 3 rings (SSSR count). The first-order chi connectivity index (χ1) is 11.5. The summed E-state index contributed by atoms with van der Waals surface area (Å²) in [5.41, 5.74) is 1.62. The number of hydrogen-bond acceptors (Lipinski definition) is 2. The van der Waals surface area contributed by atoms with Gasteiger partial charge in [0.25, 0.3) is 0 Å². The monoisotopic (exact) mass is 342 g/mol. The zero-order valence-corrected chi connectivity index (χ0v) is 14.2. The molecule has 2 N–H and O–H groups in total. The highest BCUT2D eigenvalue weighted by Gasteiger charge is 2.56. The molecule has 0 radical (unpaired) electrons. The standard InChI is InChI=1S/C19H19ClN2O2/c1-13-11-15(20)7-8-16(13)22-18(24)19(9-10-19)17(23)21-12-14-5-3-2-4-6-14/h2-8,11H,9-10,12H2,1H3,(H,21,23)(H,22,24). The molecule has 2 amide bonds. The van der Waals surface area contributed by atoms with E-state index in [-0.39, 0.29) is 11.8 Å². The molecule has 2 aromatic rings. The van der Waals surface area contributed by atoms with Gasteiger partial charge in [-0.05, 0) is 49.1 Å². The van der Waals surface area contributed by atoms with E-state index in [4.69, 9.17) is 11.6 Å². The van der Waals surface area contributed by atoms with Crippen LogP contribution in [0.3, 0.4) is 0 Å². The number of carbonyl (C=O) groups excluding carboxylic acids is 2. The molecule has 0 spiro atoms. The number of amides is 2. The minimum absolute atomic E-state index is 0.213. The fraction of sp³-hybridized carbons (Fsp3) is 0.263. The third-order valence-corrected chi connectivity index (χ3v) is 4.59. The SMILES string of the molecule is Cc1cc(Cl)ccc1NC(=O)C1(C(=O)NCc2ccccc2)CC1. The maximum atomic E-state index is 12.6. The lowest BCUT2D eigenvalue weighted by molar-refractivity contribution is -0.134. The van der Waals surface area contributed by atoms with Crippen molar-refractivity contribution in [3.05, 3.63) is 64.7 Å². The molecule has 24 heavy (non-hydrogen) atoms. The number of carbonyl (C=O) groups is 2. The van der Waals surface area contributed by atoms with Crippen LogP contribution in [0.25, 0.3) is 0 Å². The van der Waals surface area contributed by atoms with E-state index in [9.17, 15) is 9.59 Å². The number of hydrogen-bond donors (Lipinski definition) is 2. The van der Waals surface area contributed by atoms with E-state index in [2.05, 4.69) is 10.6 Å². The highest BCUT2D eigenvalue weighted by atomic mass is 35.5. The molecule has 1 aliphatic rings. The molecule has 0 unspecified atom stereocenters. The molecule has 0 aliphatic heterocycles. The summed E-state index contributed by atoms with van der Waals surface area (Å²) in [4.78, 5) is 25.1. The van der Waals surface area contributed by atoms with Crippen LogP contribution in [0.1, 0.15) is 24.0 Å². The smallest absolute Gasteiger partial charge is 0.240 e. The lowest BCUT2D eigenvalue weighted by Crippen LogP contribution is -2.39. The van der Waals surface area contributed by atoms with Crippen molar-refractivity contribution in [2.75, 3.05) is 5.32 Å². The molecule has 0 saturated heterocycles. The summed E-state index contributed by atoms with van der Waals surface area (Å²) in [6, 6.07) is 14.9. The predicted octanol–water partition coefficient (Wildman–Crippen LogP) is 3.68. The van der Waals surface area contributed by atoms with Gasteiger partial charge in [0.1, 0.15) is 5.41 Å². The molecular formula is C19H19ClN2O2. The van der Waals surface area contributed by atoms with Crippen LogP contribution in [0, 0.1) is 12.3 Å². The zero-order chi connectivity index (χ0) is 17.2. The van der Waals surface area contributed by atoms with Crippen LogP contribution in [0.15, 0.2) is 48.5 Å². The predicted molar refractivity (Wildman–Crippen MR) is 94.8 cm³/mol. The molecule has 1 aliphatic carbocycles. The molecule has 1 saturated carbocycles. The van der Waals surface area contributed by atoms with Crippen LogP contribution < -0.4 is 10.6 Å². The van der Waals surface area contributed by atoms with Gasteiger partial charge < -0.3 is 10.6 Å². The summed E-state index contributed by atoms with van der Waals surface area (Å²) >= 11 is 5.93. The van der Waals surface area contributed by atoms with E-state index >= 15 is 0 Å². The van der Waals surface area contributed by atoms with Crippen LogP contribution in [0.4, 0.5) is 5.69 Å². The maximum absolute atomic E-state index is 12.6. The Kier molecular flexibility index (Phi) is 4.58. The molecule has 0 heterocycles. The van der Waals surface area contributed by atoms with E-state index in [0.29, 0.717) is 30.1 Å². The Morgan fingerprint density at radius 1 is 1.08 bits per heavy atom. The highest BCUT2D eigenvalue weighted by molar-refractivity contribution is 6.30. The average Bonchev–Trinajstić information content (AvgIpc) is 3.38. The summed E-state index contributed by atoms with van der Waals surface area (Å²) < 4.78 is 0. The Labute approximate surface area is 146 Å². The van der Waals surface area contributed by atoms with Crippen molar-refractivity contribution in [3.63, 3.8) is 0 Å². The zero-order valence-electron chi connectivity index (χ0n) is 13.4. The quantitative estimate of drug-likeness (QED) is 0.814. The molecule has 124 valence electrons. The second kappa shape index (κ2) is 6.65. The number of aryl methyl sites for hydroxylation is 1. The fourth-order valence-corrected chi connectivity index (χ4v) is 2.87. The minimum atomic E-state index is -0.944. The lowest BCUT2D eigenvalue weighted by atomic mass is 10.0. The highest BCUT2D eigenvalue weighted by Crippen LogP contribution is 2.47. The Balaban J connectivity index is 1.64. The van der Waals surface area contributed by atoms with Crippen molar-refractivity contribution < 1.29 is 9.59 Å². The summed E-state index contributed by atoms with van der Waals surface area (Å²) in [7, 11) is 0. The Bertz CT molecular complexity index is 770. The molecule has 5 heteroatoms. The van der Waals surface area contributed by atoms with Crippen molar-refractivity contribution in [1.29, 1.82) is 0 Å². The van der Waals surface area contributed by atoms with E-state index < -0.39 is 5.41 Å². The van der Waals surface area contributed by atoms with Gasteiger partial charge in [0.15, 0.2) is 0 Å². The van der Waals surface area contributed by atoms with Crippen molar-refractivity contribution in [3.8, 4) is 0 Å². The second-order valence-electron chi connectivity index (χ2n) is 6.16. The molecule has 2 aromatic carbocycles. The second-order valence-corrected chi connectivity index (χ2v) is 6.60. The number of nitrogens with one attached hydrogen (secondary N) is 2. The fourth-order valence-electron chi connectivity index (χ4n) is 2.64. The number of rotatable bonds is 5. The number of benzene rings is 2. The summed E-state index contributed by atoms with van der Waals surface area (Å²) in [6.07, 6.45) is 1.15. The summed E-state index contributed by atoms with van der Waals surface area (Å²) in [6.45, 7) is 2.30. The van der Waals surface area contributed by atoms with Gasteiger partial charge >= 0.3 is 0 Å². The Morgan fingerprint density at radius 3 is 2.42 bits per heavy atom. The topological polar surface area (TPSA) is 58.2 Å². The molecule has 1 fully saturated rings. The first-order valence-electron chi connectivity index (χ1n) is 7.91. The van der Waals surface area contributed by atoms with Gasteiger partial charge in [-0.1, -0.05) is 41.9 Å². The molecule has 0 aromatic heterocycles. The van der Waals surface area contributed by atoms with Gasteiger partial charge in [0.05, 0.1) is 0 Å². The van der Waals surface area contributed by atoms with E-state index in [1.54, 1.807) is 18.2 Å². The van der Waals surface area contributed by atoms with Crippen molar-refractivity contribution in [2.45, 2.75) is 26.3 Å². The van der Waals surface area contributed by atoms with Gasteiger partial charge in [0, 0.05) is 17.3 Å². The average molecular weight is 343 g/mol. The normalized spacial score (nSPS) is 14.8. The lowest BCUT2D eigenvalue weighted by Gasteiger charge is -2.16. The van der Waals surface area contributed by atoms with Crippen molar-refractivity contribution >= 4 is 29.1 Å². The van der Waals surface area contributed by atoms with Crippen LogP contribution in [0.2, 0.25) is 5.02 Å². The minimum Gasteiger partial charge on any atom is -0.351 e. The summed E-state index contributed by atoms with van der Waals surface area (Å²) in [5.74, 6) is -0.464. The van der Waals surface area contributed by atoms with Gasteiger partial charge in [-0.25, -0.2) is 0 Å². The molecular weight excluding hydrogens is 324 g/mol. The van der Waals surface area contributed by atoms with Gasteiger partial charge in [-0.15, -0.1) is 0 Å². The van der Waals surface area contributed by atoms with Crippen LogP contribution in [-0.2, 0) is 16.1 Å². The molecule has 4 nitrogen and oxygen atoms in total.